The Morgan fingerprint density at radius 2 is 1.61 bits per heavy atom. The molecule has 136 valence electrons. The van der Waals surface area contributed by atoms with Crippen LogP contribution in [0.5, 0.6) is 5.75 Å². The predicted molar refractivity (Wildman–Crippen MR) is 115 cm³/mol. The zero-order valence-electron chi connectivity index (χ0n) is 15.0. The van der Waals surface area contributed by atoms with Crippen LogP contribution in [0.15, 0.2) is 85.2 Å². The van der Waals surface area contributed by atoms with Crippen LogP contribution in [0.1, 0.15) is 5.56 Å². The molecule has 0 spiro atoms. The molecule has 0 bridgehead atoms. The summed E-state index contributed by atoms with van der Waals surface area (Å²) in [6, 6.07) is 26.4. The van der Waals surface area contributed by atoms with E-state index in [0.717, 1.165) is 38.4 Å². The molecule has 0 amide bonds. The van der Waals surface area contributed by atoms with Gasteiger partial charge in [-0.25, -0.2) is 9.97 Å². The van der Waals surface area contributed by atoms with Crippen molar-refractivity contribution in [3.8, 4) is 5.75 Å². The number of nitrogens with zero attached hydrogens (tertiary/aromatic N) is 2. The molecule has 5 heteroatoms. The van der Waals surface area contributed by atoms with Crippen molar-refractivity contribution in [3.05, 3.63) is 90.8 Å². The summed E-state index contributed by atoms with van der Waals surface area (Å²) in [6.45, 7) is 0.557. The lowest BCUT2D eigenvalue weighted by Gasteiger charge is -2.09. The van der Waals surface area contributed by atoms with Crippen LogP contribution in [-0.4, -0.2) is 9.97 Å². The first-order valence-corrected chi connectivity index (χ1v) is 9.84. The minimum absolute atomic E-state index is 0.557. The molecule has 0 saturated carbocycles. The number of hydrogen-bond donors (Lipinski definition) is 1. The molecular weight excluding hydrogens is 366 g/mol. The van der Waals surface area contributed by atoms with E-state index in [2.05, 4.69) is 39.6 Å². The topological polar surface area (TPSA) is 47.0 Å². The molecule has 0 fully saturated rings. The second-order valence-electron chi connectivity index (χ2n) is 6.42. The van der Waals surface area contributed by atoms with Gasteiger partial charge in [0, 0.05) is 15.8 Å². The third-order valence-electron chi connectivity index (χ3n) is 4.52. The summed E-state index contributed by atoms with van der Waals surface area (Å²) in [5.41, 5.74) is 3.10. The Morgan fingerprint density at radius 1 is 0.821 bits per heavy atom. The predicted octanol–water partition coefficient (Wildman–Crippen LogP) is 6.17. The summed E-state index contributed by atoms with van der Waals surface area (Å²) in [7, 11) is 0. The lowest BCUT2D eigenvalue weighted by Crippen LogP contribution is -1.96. The molecule has 1 N–H and O–H groups in total. The highest BCUT2D eigenvalue weighted by Crippen LogP contribution is 2.36. The van der Waals surface area contributed by atoms with E-state index < -0.39 is 0 Å². The van der Waals surface area contributed by atoms with Crippen molar-refractivity contribution >= 4 is 43.1 Å². The Bertz CT molecular complexity index is 1230. The van der Waals surface area contributed by atoms with Crippen LogP contribution < -0.4 is 10.1 Å². The van der Waals surface area contributed by atoms with E-state index >= 15 is 0 Å². The van der Waals surface area contributed by atoms with Gasteiger partial charge >= 0.3 is 0 Å². The van der Waals surface area contributed by atoms with Crippen LogP contribution in [0.2, 0.25) is 0 Å². The van der Waals surface area contributed by atoms with Crippen LogP contribution in [0.25, 0.3) is 20.3 Å². The Kier molecular flexibility index (Phi) is 4.35. The van der Waals surface area contributed by atoms with Gasteiger partial charge < -0.3 is 10.1 Å². The largest absolute Gasteiger partial charge is 0.489 e. The second kappa shape index (κ2) is 7.29. The summed E-state index contributed by atoms with van der Waals surface area (Å²) < 4.78 is 8.13. The number of aromatic nitrogens is 2. The standard InChI is InChI=1S/C23H17N3OS/c1-2-6-16(7-3-1)14-27-18-12-10-17(11-13-18)26-23-22-21(24-15-25-23)19-8-4-5-9-20(19)28-22/h1-13,15H,14H2,(H,24,25,26). The maximum atomic E-state index is 5.86. The Labute approximate surface area is 166 Å². The van der Waals surface area contributed by atoms with E-state index in [1.54, 1.807) is 17.7 Å². The van der Waals surface area contributed by atoms with Gasteiger partial charge in [0.1, 0.15) is 18.7 Å². The van der Waals surface area contributed by atoms with Crippen molar-refractivity contribution < 1.29 is 4.74 Å². The van der Waals surface area contributed by atoms with E-state index in [4.69, 9.17) is 4.74 Å². The average Bonchev–Trinajstić information content (AvgIpc) is 3.14. The van der Waals surface area contributed by atoms with Crippen molar-refractivity contribution in [1.29, 1.82) is 0 Å². The molecule has 5 rings (SSSR count). The number of rotatable bonds is 5. The SMILES string of the molecule is c1ccc(COc2ccc(Nc3ncnc4c3sc3ccccc34)cc2)cc1. The smallest absolute Gasteiger partial charge is 0.151 e. The molecule has 0 aliphatic carbocycles. The molecule has 2 aromatic heterocycles. The van der Waals surface area contributed by atoms with Gasteiger partial charge in [0.25, 0.3) is 0 Å². The van der Waals surface area contributed by atoms with Crippen LogP contribution in [0.3, 0.4) is 0 Å². The summed E-state index contributed by atoms with van der Waals surface area (Å²) in [5, 5.41) is 4.58. The highest BCUT2D eigenvalue weighted by atomic mass is 32.1. The van der Waals surface area contributed by atoms with Gasteiger partial charge in [0.2, 0.25) is 0 Å². The summed E-state index contributed by atoms with van der Waals surface area (Å²) in [5.74, 6) is 1.66. The first-order valence-electron chi connectivity index (χ1n) is 9.03. The number of benzene rings is 3. The number of fused-ring (bicyclic) bond motifs is 3. The molecule has 0 aliphatic rings. The van der Waals surface area contributed by atoms with E-state index in [-0.39, 0.29) is 0 Å². The Morgan fingerprint density at radius 3 is 2.46 bits per heavy atom. The number of thiophene rings is 1. The number of hydrogen-bond acceptors (Lipinski definition) is 5. The molecule has 3 aromatic carbocycles. The molecule has 28 heavy (non-hydrogen) atoms. The van der Waals surface area contributed by atoms with Gasteiger partial charge in [0.05, 0.1) is 10.2 Å². The molecule has 0 aliphatic heterocycles. The second-order valence-corrected chi connectivity index (χ2v) is 7.47. The number of anilines is 2. The van der Waals surface area contributed by atoms with Crippen molar-refractivity contribution in [2.45, 2.75) is 6.61 Å². The molecule has 0 radical (unpaired) electrons. The number of nitrogens with one attached hydrogen (secondary N) is 1. The van der Waals surface area contributed by atoms with Crippen LogP contribution in [-0.2, 0) is 6.61 Å². The van der Waals surface area contributed by atoms with Gasteiger partial charge in [-0.3, -0.25) is 0 Å². The lowest BCUT2D eigenvalue weighted by atomic mass is 10.2. The molecule has 0 unspecified atom stereocenters. The third-order valence-corrected chi connectivity index (χ3v) is 5.69. The molecule has 4 nitrogen and oxygen atoms in total. The van der Waals surface area contributed by atoms with E-state index in [1.165, 1.54) is 4.70 Å². The van der Waals surface area contributed by atoms with Crippen molar-refractivity contribution in [1.82, 2.24) is 9.97 Å². The zero-order chi connectivity index (χ0) is 18.8. The minimum Gasteiger partial charge on any atom is -0.489 e. The average molecular weight is 383 g/mol. The zero-order valence-corrected chi connectivity index (χ0v) is 15.8. The highest BCUT2D eigenvalue weighted by Gasteiger charge is 2.11. The van der Waals surface area contributed by atoms with Crippen molar-refractivity contribution in [2.24, 2.45) is 0 Å². The first-order chi connectivity index (χ1) is 13.9. The highest BCUT2D eigenvalue weighted by molar-refractivity contribution is 7.26. The fourth-order valence-corrected chi connectivity index (χ4v) is 4.23. The van der Waals surface area contributed by atoms with Gasteiger partial charge in [-0.15, -0.1) is 11.3 Å². The summed E-state index contributed by atoms with van der Waals surface area (Å²) >= 11 is 1.70. The quantitative estimate of drug-likeness (QED) is 0.394. The Hall–Kier alpha value is -3.44. The lowest BCUT2D eigenvalue weighted by molar-refractivity contribution is 0.306. The fraction of sp³-hybridized carbons (Fsp3) is 0.0435. The number of ether oxygens (including phenoxy) is 1. The van der Waals surface area contributed by atoms with Crippen LogP contribution >= 0.6 is 11.3 Å². The summed E-state index contributed by atoms with van der Waals surface area (Å²) in [6.07, 6.45) is 1.61. The van der Waals surface area contributed by atoms with Crippen LogP contribution in [0, 0.1) is 0 Å². The molecule has 0 atom stereocenters. The summed E-state index contributed by atoms with van der Waals surface area (Å²) in [4.78, 5) is 8.93. The molecule has 5 aromatic rings. The monoisotopic (exact) mass is 383 g/mol. The minimum atomic E-state index is 0.557. The maximum absolute atomic E-state index is 5.86. The molecule has 0 saturated heterocycles. The van der Waals surface area contributed by atoms with E-state index in [0.29, 0.717) is 6.61 Å². The van der Waals surface area contributed by atoms with Gasteiger partial charge in [-0.1, -0.05) is 48.5 Å². The van der Waals surface area contributed by atoms with Crippen molar-refractivity contribution in [2.75, 3.05) is 5.32 Å². The molecule has 2 heterocycles. The maximum Gasteiger partial charge on any atom is 0.151 e. The van der Waals surface area contributed by atoms with Gasteiger partial charge in [0.15, 0.2) is 5.82 Å². The Balaban J connectivity index is 1.36. The van der Waals surface area contributed by atoms with Crippen LogP contribution in [0.4, 0.5) is 11.5 Å². The third kappa shape index (κ3) is 3.28. The van der Waals surface area contributed by atoms with Crippen molar-refractivity contribution in [3.63, 3.8) is 0 Å². The molecular formula is C23H17N3OS. The van der Waals surface area contributed by atoms with E-state index in [9.17, 15) is 0 Å². The normalized spacial score (nSPS) is 11.0. The van der Waals surface area contributed by atoms with Gasteiger partial charge in [-0.05, 0) is 35.9 Å². The van der Waals surface area contributed by atoms with E-state index in [1.807, 2.05) is 54.6 Å². The van der Waals surface area contributed by atoms with Gasteiger partial charge in [-0.2, -0.15) is 0 Å². The first kappa shape index (κ1) is 16.7. The fourth-order valence-electron chi connectivity index (χ4n) is 3.12.